The molecule has 0 radical (unpaired) electrons. The Morgan fingerprint density at radius 3 is 2.22 bits per heavy atom. The van der Waals surface area contributed by atoms with Gasteiger partial charge in [0.1, 0.15) is 0 Å². The van der Waals surface area contributed by atoms with Crippen LogP contribution >= 0.6 is 0 Å². The van der Waals surface area contributed by atoms with E-state index >= 15 is 0 Å². The van der Waals surface area contributed by atoms with E-state index in [1.165, 1.54) is 33.0 Å². The molecule has 0 bridgehead atoms. The highest BCUT2D eigenvalue weighted by atomic mass is 15.0. The predicted octanol–water partition coefficient (Wildman–Crippen LogP) is 8.31. The third-order valence-corrected chi connectivity index (χ3v) is 7.05. The van der Waals surface area contributed by atoms with Crippen LogP contribution in [0, 0.1) is 32.1 Å². The van der Waals surface area contributed by atoms with E-state index in [-0.39, 0.29) is 0 Å². The SMILES string of the molecule is Cc1ccc(-c2ccc3c(c2)c2ccccc2n3-c2cc(-c3ccncc3)c(C#N)cc2C)c(C)c1. The molecule has 0 saturated heterocycles. The quantitative estimate of drug-likeness (QED) is 0.265. The lowest BCUT2D eigenvalue weighted by atomic mass is 9.97. The lowest BCUT2D eigenvalue weighted by Crippen LogP contribution is -1.99. The number of fused-ring (bicyclic) bond motifs is 3. The van der Waals surface area contributed by atoms with Gasteiger partial charge in [-0.25, -0.2) is 0 Å². The van der Waals surface area contributed by atoms with Gasteiger partial charge < -0.3 is 4.57 Å². The fourth-order valence-corrected chi connectivity index (χ4v) is 5.34. The van der Waals surface area contributed by atoms with Gasteiger partial charge in [-0.1, -0.05) is 48.0 Å². The number of pyridine rings is 1. The minimum absolute atomic E-state index is 0.667. The number of para-hydroxylation sites is 1. The van der Waals surface area contributed by atoms with E-state index in [9.17, 15) is 5.26 Å². The van der Waals surface area contributed by atoms with Gasteiger partial charge in [0, 0.05) is 34.4 Å². The Balaban J connectivity index is 1.64. The fraction of sp³-hybridized carbons (Fsp3) is 0.0909. The molecule has 3 nitrogen and oxygen atoms in total. The summed E-state index contributed by atoms with van der Waals surface area (Å²) in [5.41, 5.74) is 12.0. The molecular formula is C33H25N3. The Labute approximate surface area is 210 Å². The van der Waals surface area contributed by atoms with Crippen molar-refractivity contribution in [1.82, 2.24) is 9.55 Å². The average Bonchev–Trinajstić information content (AvgIpc) is 3.22. The van der Waals surface area contributed by atoms with Gasteiger partial charge in [-0.2, -0.15) is 5.26 Å². The van der Waals surface area contributed by atoms with Crippen LogP contribution in [0.3, 0.4) is 0 Å². The molecule has 0 atom stereocenters. The summed E-state index contributed by atoms with van der Waals surface area (Å²) in [7, 11) is 0. The number of nitriles is 1. The van der Waals surface area contributed by atoms with E-state index in [1.807, 2.05) is 18.2 Å². The first-order valence-corrected chi connectivity index (χ1v) is 12.1. The van der Waals surface area contributed by atoms with E-state index < -0.39 is 0 Å². The first-order valence-electron chi connectivity index (χ1n) is 12.1. The number of nitrogens with zero attached hydrogens (tertiary/aromatic N) is 3. The number of benzene rings is 4. The average molecular weight is 464 g/mol. The van der Waals surface area contributed by atoms with Gasteiger partial charge >= 0.3 is 0 Å². The predicted molar refractivity (Wildman–Crippen MR) is 148 cm³/mol. The van der Waals surface area contributed by atoms with Crippen LogP contribution in [0.1, 0.15) is 22.3 Å². The van der Waals surface area contributed by atoms with Crippen LogP contribution in [0.15, 0.2) is 97.3 Å². The van der Waals surface area contributed by atoms with Crippen molar-refractivity contribution in [3.63, 3.8) is 0 Å². The lowest BCUT2D eigenvalue weighted by Gasteiger charge is -2.15. The molecule has 0 amide bonds. The summed E-state index contributed by atoms with van der Waals surface area (Å²) in [6.45, 7) is 6.39. The molecule has 0 N–H and O–H groups in total. The number of aromatic nitrogens is 2. The zero-order valence-electron chi connectivity index (χ0n) is 20.6. The first-order chi connectivity index (χ1) is 17.5. The van der Waals surface area contributed by atoms with E-state index in [1.54, 1.807) is 12.4 Å². The monoisotopic (exact) mass is 463 g/mol. The molecule has 2 aromatic heterocycles. The molecule has 3 heteroatoms. The maximum atomic E-state index is 9.88. The molecule has 172 valence electrons. The Hall–Kier alpha value is -4.68. The highest BCUT2D eigenvalue weighted by Crippen LogP contribution is 2.38. The second-order valence-electron chi connectivity index (χ2n) is 9.43. The van der Waals surface area contributed by atoms with Gasteiger partial charge in [-0.3, -0.25) is 4.98 Å². The van der Waals surface area contributed by atoms with Gasteiger partial charge in [0.2, 0.25) is 0 Å². The van der Waals surface area contributed by atoms with E-state index in [0.29, 0.717) is 5.56 Å². The number of hydrogen-bond donors (Lipinski definition) is 0. The third-order valence-electron chi connectivity index (χ3n) is 7.05. The van der Waals surface area contributed by atoms with E-state index in [0.717, 1.165) is 33.4 Å². The second kappa shape index (κ2) is 8.52. The van der Waals surface area contributed by atoms with Crippen molar-refractivity contribution >= 4 is 21.8 Å². The molecule has 0 spiro atoms. The molecule has 6 aromatic rings. The molecule has 6 rings (SSSR count). The highest BCUT2D eigenvalue weighted by molar-refractivity contribution is 6.10. The molecular weight excluding hydrogens is 438 g/mol. The summed E-state index contributed by atoms with van der Waals surface area (Å²) in [6.07, 6.45) is 3.54. The van der Waals surface area contributed by atoms with Crippen LogP contribution in [0.5, 0.6) is 0 Å². The third kappa shape index (κ3) is 3.47. The number of hydrogen-bond acceptors (Lipinski definition) is 2. The summed E-state index contributed by atoms with van der Waals surface area (Å²) in [6, 6.07) is 32.4. The molecule has 0 saturated carbocycles. The Bertz CT molecular complexity index is 1820. The Morgan fingerprint density at radius 2 is 1.44 bits per heavy atom. The minimum Gasteiger partial charge on any atom is -0.309 e. The van der Waals surface area contributed by atoms with Crippen molar-refractivity contribution in [2.24, 2.45) is 0 Å². The van der Waals surface area contributed by atoms with Crippen molar-refractivity contribution in [3.05, 3.63) is 120 Å². The lowest BCUT2D eigenvalue weighted by molar-refractivity contribution is 1.15. The van der Waals surface area contributed by atoms with Crippen molar-refractivity contribution in [3.8, 4) is 34.0 Å². The summed E-state index contributed by atoms with van der Waals surface area (Å²) in [5.74, 6) is 0. The number of aryl methyl sites for hydroxylation is 3. The topological polar surface area (TPSA) is 41.6 Å². The Kier molecular flexibility index (Phi) is 5.16. The summed E-state index contributed by atoms with van der Waals surface area (Å²) >= 11 is 0. The second-order valence-corrected chi connectivity index (χ2v) is 9.43. The van der Waals surface area contributed by atoms with Crippen LogP contribution in [0.2, 0.25) is 0 Å². The van der Waals surface area contributed by atoms with Crippen molar-refractivity contribution in [2.75, 3.05) is 0 Å². The molecule has 0 fully saturated rings. The molecule has 0 unspecified atom stereocenters. The maximum absolute atomic E-state index is 9.88. The molecule has 0 aliphatic rings. The van der Waals surface area contributed by atoms with Gasteiger partial charge in [-0.15, -0.1) is 0 Å². The Morgan fingerprint density at radius 1 is 0.667 bits per heavy atom. The van der Waals surface area contributed by atoms with E-state index in [2.05, 4.69) is 103 Å². The summed E-state index contributed by atoms with van der Waals surface area (Å²) in [4.78, 5) is 4.15. The summed E-state index contributed by atoms with van der Waals surface area (Å²) in [5, 5.41) is 12.3. The van der Waals surface area contributed by atoms with Crippen molar-refractivity contribution < 1.29 is 0 Å². The standard InChI is InChI=1S/C33H25N3/c1-21-8-10-27(22(2)16-21)25-9-11-32-30(18-25)28-6-4-5-7-31(28)36(32)33-19-29(24-12-14-35-15-13-24)26(20-34)17-23(33)3/h4-19H,1-3H3. The fourth-order valence-electron chi connectivity index (χ4n) is 5.34. The molecule has 2 heterocycles. The normalized spacial score (nSPS) is 11.2. The first kappa shape index (κ1) is 21.8. The molecule has 0 aliphatic heterocycles. The number of rotatable bonds is 3. The van der Waals surface area contributed by atoms with Gasteiger partial charge in [0.15, 0.2) is 0 Å². The highest BCUT2D eigenvalue weighted by Gasteiger charge is 2.17. The zero-order chi connectivity index (χ0) is 24.8. The smallest absolute Gasteiger partial charge is 0.0998 e. The summed E-state index contributed by atoms with van der Waals surface area (Å²) < 4.78 is 2.33. The molecule has 0 aliphatic carbocycles. The molecule has 4 aromatic carbocycles. The molecule has 36 heavy (non-hydrogen) atoms. The van der Waals surface area contributed by atoms with Crippen LogP contribution in [0.4, 0.5) is 0 Å². The van der Waals surface area contributed by atoms with Crippen molar-refractivity contribution in [2.45, 2.75) is 20.8 Å². The van der Waals surface area contributed by atoms with Crippen molar-refractivity contribution in [1.29, 1.82) is 5.26 Å². The maximum Gasteiger partial charge on any atom is 0.0998 e. The van der Waals surface area contributed by atoms with Crippen LogP contribution in [-0.2, 0) is 0 Å². The van der Waals surface area contributed by atoms with Gasteiger partial charge in [0.25, 0.3) is 0 Å². The van der Waals surface area contributed by atoms with E-state index in [4.69, 9.17) is 0 Å². The zero-order valence-corrected chi connectivity index (χ0v) is 20.6. The van der Waals surface area contributed by atoms with Gasteiger partial charge in [-0.05, 0) is 91.1 Å². The minimum atomic E-state index is 0.667. The van der Waals surface area contributed by atoms with Crippen LogP contribution in [0.25, 0.3) is 49.7 Å². The largest absolute Gasteiger partial charge is 0.309 e. The van der Waals surface area contributed by atoms with Crippen LogP contribution < -0.4 is 0 Å². The van der Waals surface area contributed by atoms with Gasteiger partial charge in [0.05, 0.1) is 22.7 Å². The van der Waals surface area contributed by atoms with Crippen LogP contribution in [-0.4, -0.2) is 9.55 Å².